The fourth-order valence-corrected chi connectivity index (χ4v) is 2.40. The van der Waals surface area contributed by atoms with E-state index in [9.17, 15) is 13.2 Å². The lowest BCUT2D eigenvalue weighted by Gasteiger charge is -2.14. The average Bonchev–Trinajstić information content (AvgIpc) is 2.34. The van der Waals surface area contributed by atoms with Gasteiger partial charge in [-0.3, -0.25) is 4.79 Å². The van der Waals surface area contributed by atoms with E-state index in [1.807, 2.05) is 6.92 Å². The Morgan fingerprint density at radius 1 is 1.32 bits per heavy atom. The molecule has 0 aliphatic heterocycles. The Morgan fingerprint density at radius 3 is 2.32 bits per heavy atom. The first-order valence-corrected chi connectivity index (χ1v) is 8.10. The zero-order valence-electron chi connectivity index (χ0n) is 11.1. The third kappa shape index (κ3) is 5.40. The SMILES string of the molecule is CCC(CO)NC(=O)c1ccc(CS(C)(=O)=O)cc1. The van der Waals surface area contributed by atoms with Crippen LogP contribution in [0.2, 0.25) is 0 Å². The molecule has 0 saturated heterocycles. The van der Waals surface area contributed by atoms with Gasteiger partial charge in [0.2, 0.25) is 0 Å². The average molecular weight is 285 g/mol. The van der Waals surface area contributed by atoms with Crippen LogP contribution in [0.1, 0.15) is 29.3 Å². The van der Waals surface area contributed by atoms with Crippen molar-refractivity contribution in [1.82, 2.24) is 5.32 Å². The second-order valence-corrected chi connectivity index (χ2v) is 6.67. The van der Waals surface area contributed by atoms with Crippen LogP contribution in [0, 0.1) is 0 Å². The van der Waals surface area contributed by atoms with E-state index in [0.717, 1.165) is 0 Å². The Kier molecular flexibility index (Phi) is 5.50. The van der Waals surface area contributed by atoms with Crippen molar-refractivity contribution in [3.8, 4) is 0 Å². The van der Waals surface area contributed by atoms with Crippen molar-refractivity contribution < 1.29 is 18.3 Å². The molecular formula is C13H19NO4S. The van der Waals surface area contributed by atoms with Gasteiger partial charge in [-0.15, -0.1) is 0 Å². The maximum Gasteiger partial charge on any atom is 0.251 e. The van der Waals surface area contributed by atoms with Gasteiger partial charge in [0, 0.05) is 11.8 Å². The summed E-state index contributed by atoms with van der Waals surface area (Å²) in [7, 11) is -3.07. The number of nitrogens with one attached hydrogen (secondary N) is 1. The summed E-state index contributed by atoms with van der Waals surface area (Å²) < 4.78 is 22.3. The molecule has 0 spiro atoms. The van der Waals surface area contributed by atoms with Gasteiger partial charge in [0.25, 0.3) is 5.91 Å². The largest absolute Gasteiger partial charge is 0.394 e. The van der Waals surface area contributed by atoms with Gasteiger partial charge in [0.15, 0.2) is 9.84 Å². The highest BCUT2D eigenvalue weighted by atomic mass is 32.2. The predicted octanol–water partition coefficient (Wildman–Crippen LogP) is 0.732. The molecule has 0 radical (unpaired) electrons. The Bertz CT molecular complexity index is 518. The van der Waals surface area contributed by atoms with Crippen molar-refractivity contribution in [2.75, 3.05) is 12.9 Å². The topological polar surface area (TPSA) is 83.5 Å². The Hall–Kier alpha value is -1.40. The molecule has 1 aromatic carbocycles. The number of aliphatic hydroxyl groups is 1. The zero-order chi connectivity index (χ0) is 14.5. The van der Waals surface area contributed by atoms with E-state index >= 15 is 0 Å². The number of benzene rings is 1. The summed E-state index contributed by atoms with van der Waals surface area (Å²) in [4.78, 5) is 11.8. The molecule has 0 fully saturated rings. The number of sulfone groups is 1. The lowest BCUT2D eigenvalue weighted by molar-refractivity contribution is 0.0915. The van der Waals surface area contributed by atoms with Crippen molar-refractivity contribution in [2.45, 2.75) is 25.1 Å². The third-order valence-corrected chi connectivity index (χ3v) is 3.55. The Balaban J connectivity index is 2.73. The molecule has 2 N–H and O–H groups in total. The minimum Gasteiger partial charge on any atom is -0.394 e. The van der Waals surface area contributed by atoms with Crippen molar-refractivity contribution in [1.29, 1.82) is 0 Å². The molecule has 1 aromatic rings. The van der Waals surface area contributed by atoms with Crippen molar-refractivity contribution in [3.05, 3.63) is 35.4 Å². The van der Waals surface area contributed by atoms with Gasteiger partial charge >= 0.3 is 0 Å². The maximum atomic E-state index is 11.8. The van der Waals surface area contributed by atoms with E-state index in [1.165, 1.54) is 6.26 Å². The first kappa shape index (κ1) is 15.7. The van der Waals surface area contributed by atoms with Crippen LogP contribution in [0.5, 0.6) is 0 Å². The van der Waals surface area contributed by atoms with E-state index in [-0.39, 0.29) is 24.3 Å². The fraction of sp³-hybridized carbons (Fsp3) is 0.462. The first-order valence-electron chi connectivity index (χ1n) is 6.04. The van der Waals surface area contributed by atoms with Gasteiger partial charge in [0.1, 0.15) is 0 Å². The van der Waals surface area contributed by atoms with Crippen LogP contribution in [-0.2, 0) is 15.6 Å². The first-order chi connectivity index (χ1) is 8.85. The van der Waals surface area contributed by atoms with Crippen molar-refractivity contribution in [3.63, 3.8) is 0 Å². The van der Waals surface area contributed by atoms with Crippen molar-refractivity contribution in [2.24, 2.45) is 0 Å². The highest BCUT2D eigenvalue weighted by Gasteiger charge is 2.11. The summed E-state index contributed by atoms with van der Waals surface area (Å²) in [5.41, 5.74) is 1.09. The van der Waals surface area contributed by atoms with Crippen LogP contribution in [0.3, 0.4) is 0 Å². The van der Waals surface area contributed by atoms with Gasteiger partial charge in [-0.05, 0) is 24.1 Å². The molecule has 0 bridgehead atoms. The smallest absolute Gasteiger partial charge is 0.251 e. The van der Waals surface area contributed by atoms with Crippen molar-refractivity contribution >= 4 is 15.7 Å². The molecule has 0 saturated carbocycles. The van der Waals surface area contributed by atoms with Gasteiger partial charge < -0.3 is 10.4 Å². The fourth-order valence-electron chi connectivity index (χ4n) is 1.60. The molecule has 1 rings (SSSR count). The number of carbonyl (C=O) groups excluding carboxylic acids is 1. The zero-order valence-corrected chi connectivity index (χ0v) is 11.9. The monoisotopic (exact) mass is 285 g/mol. The number of rotatable bonds is 6. The second-order valence-electron chi connectivity index (χ2n) is 4.53. The molecule has 6 heteroatoms. The van der Waals surface area contributed by atoms with Crippen LogP contribution < -0.4 is 5.32 Å². The van der Waals surface area contributed by atoms with Gasteiger partial charge in [0.05, 0.1) is 18.4 Å². The molecule has 0 aliphatic rings. The minimum absolute atomic E-state index is 0.0386. The number of hydrogen-bond acceptors (Lipinski definition) is 4. The molecule has 19 heavy (non-hydrogen) atoms. The van der Waals surface area contributed by atoms with Gasteiger partial charge in [-0.2, -0.15) is 0 Å². The van der Waals surface area contributed by atoms with Crippen LogP contribution in [0.15, 0.2) is 24.3 Å². The Morgan fingerprint density at radius 2 is 1.89 bits per heavy atom. The van der Waals surface area contributed by atoms with Crippen LogP contribution in [0.25, 0.3) is 0 Å². The molecule has 1 unspecified atom stereocenters. The molecular weight excluding hydrogens is 266 g/mol. The van der Waals surface area contributed by atoms with E-state index in [4.69, 9.17) is 5.11 Å². The van der Waals surface area contributed by atoms with Crippen LogP contribution in [0.4, 0.5) is 0 Å². The summed E-state index contributed by atoms with van der Waals surface area (Å²) in [6.45, 7) is 1.77. The molecule has 5 nitrogen and oxygen atoms in total. The van der Waals surface area contributed by atoms with E-state index < -0.39 is 9.84 Å². The predicted molar refractivity (Wildman–Crippen MR) is 73.6 cm³/mol. The number of amides is 1. The lowest BCUT2D eigenvalue weighted by Crippen LogP contribution is -2.36. The van der Waals surface area contributed by atoms with Crippen LogP contribution in [-0.4, -0.2) is 38.3 Å². The standard InChI is InChI=1S/C13H19NO4S/c1-3-12(8-15)14-13(16)11-6-4-10(5-7-11)9-19(2,17)18/h4-7,12,15H,3,8-9H2,1-2H3,(H,14,16). The second kappa shape index (κ2) is 6.68. The number of aliphatic hydroxyl groups excluding tert-OH is 1. The molecule has 0 heterocycles. The lowest BCUT2D eigenvalue weighted by atomic mass is 10.1. The minimum atomic E-state index is -3.07. The molecule has 0 aliphatic carbocycles. The number of carbonyl (C=O) groups is 1. The highest BCUT2D eigenvalue weighted by Crippen LogP contribution is 2.08. The number of hydrogen-bond donors (Lipinski definition) is 2. The summed E-state index contributed by atoms with van der Waals surface area (Å²) in [5.74, 6) is -0.310. The van der Waals surface area contributed by atoms with Gasteiger partial charge in [-0.1, -0.05) is 19.1 Å². The maximum absolute atomic E-state index is 11.8. The summed E-state index contributed by atoms with van der Waals surface area (Å²) >= 11 is 0. The summed E-state index contributed by atoms with van der Waals surface area (Å²) in [5, 5.41) is 11.7. The van der Waals surface area contributed by atoms with E-state index in [0.29, 0.717) is 17.5 Å². The quantitative estimate of drug-likeness (QED) is 0.807. The third-order valence-electron chi connectivity index (χ3n) is 2.69. The highest BCUT2D eigenvalue weighted by molar-refractivity contribution is 7.89. The molecule has 1 amide bonds. The molecule has 1 atom stereocenters. The van der Waals surface area contributed by atoms with Crippen LogP contribution >= 0.6 is 0 Å². The normalized spacial score (nSPS) is 13.0. The van der Waals surface area contributed by atoms with E-state index in [1.54, 1.807) is 24.3 Å². The molecule has 0 aromatic heterocycles. The van der Waals surface area contributed by atoms with Gasteiger partial charge in [-0.25, -0.2) is 8.42 Å². The summed E-state index contributed by atoms with van der Waals surface area (Å²) in [6.07, 6.45) is 1.81. The summed E-state index contributed by atoms with van der Waals surface area (Å²) in [6, 6.07) is 6.15. The van der Waals surface area contributed by atoms with E-state index in [2.05, 4.69) is 5.32 Å². The molecule has 106 valence electrons. The Labute approximate surface area is 113 Å².